The van der Waals surface area contributed by atoms with Gasteiger partial charge < -0.3 is 8.83 Å². The summed E-state index contributed by atoms with van der Waals surface area (Å²) in [5.74, 6) is 1.05. The van der Waals surface area contributed by atoms with Gasteiger partial charge in [0, 0.05) is 5.56 Å². The Labute approximate surface area is 162 Å². The van der Waals surface area contributed by atoms with E-state index in [1.165, 1.54) is 0 Å². The van der Waals surface area contributed by atoms with Crippen molar-refractivity contribution in [1.29, 1.82) is 0 Å². The molecule has 0 unspecified atom stereocenters. The van der Waals surface area contributed by atoms with Crippen molar-refractivity contribution in [2.75, 3.05) is 0 Å². The minimum absolute atomic E-state index is 0.506. The van der Waals surface area contributed by atoms with Gasteiger partial charge in [-0.15, -0.1) is 0 Å². The molecule has 1 radical (unpaired) electrons. The molecule has 0 atom stereocenters. The Bertz CT molecular complexity index is 1180. The number of rotatable bonds is 4. The fourth-order valence-electron chi connectivity index (χ4n) is 3.37. The number of benzene rings is 3. The van der Waals surface area contributed by atoms with Crippen LogP contribution >= 0.6 is 0 Å². The van der Waals surface area contributed by atoms with Crippen molar-refractivity contribution in [3.8, 4) is 45.2 Å². The van der Waals surface area contributed by atoms with E-state index < -0.39 is 0 Å². The number of hydrogen-bond donors (Lipinski definition) is 0. The average Bonchev–Trinajstić information content (AvgIpc) is 3.48. The number of oxazole rings is 2. The first-order chi connectivity index (χ1) is 13.9. The average molecular weight is 363 g/mol. The van der Waals surface area contributed by atoms with Gasteiger partial charge in [-0.2, -0.15) is 0 Å². The molecule has 0 amide bonds. The van der Waals surface area contributed by atoms with Crippen LogP contribution in [0.3, 0.4) is 0 Å². The second-order valence-corrected chi connectivity index (χ2v) is 6.23. The van der Waals surface area contributed by atoms with E-state index in [-0.39, 0.29) is 0 Å². The van der Waals surface area contributed by atoms with Gasteiger partial charge >= 0.3 is 0 Å². The van der Waals surface area contributed by atoms with Crippen molar-refractivity contribution in [3.63, 3.8) is 0 Å². The minimum atomic E-state index is 0.506. The highest BCUT2D eigenvalue weighted by atomic mass is 16.3. The lowest BCUT2D eigenvalue weighted by Crippen LogP contribution is -1.95. The SMILES string of the molecule is [c]1cc(-c2ccccc2)c(-c2ncco2)c(-c2ccccc2)c1-c1ncco1. The van der Waals surface area contributed by atoms with Crippen LogP contribution < -0.4 is 0 Å². The minimum Gasteiger partial charge on any atom is -0.444 e. The lowest BCUT2D eigenvalue weighted by Gasteiger charge is -2.16. The molecular weight excluding hydrogens is 348 g/mol. The Morgan fingerprint density at radius 3 is 1.86 bits per heavy atom. The zero-order valence-electron chi connectivity index (χ0n) is 14.9. The molecule has 3 aromatic carbocycles. The zero-order valence-corrected chi connectivity index (χ0v) is 14.9. The van der Waals surface area contributed by atoms with E-state index in [0.29, 0.717) is 11.8 Å². The first kappa shape index (κ1) is 16.3. The van der Waals surface area contributed by atoms with Crippen molar-refractivity contribution in [1.82, 2.24) is 9.97 Å². The first-order valence-corrected chi connectivity index (χ1v) is 8.91. The van der Waals surface area contributed by atoms with E-state index >= 15 is 0 Å². The van der Waals surface area contributed by atoms with Crippen LogP contribution in [0.4, 0.5) is 0 Å². The highest BCUT2D eigenvalue weighted by Crippen LogP contribution is 2.44. The van der Waals surface area contributed by atoms with E-state index in [0.717, 1.165) is 33.4 Å². The first-order valence-electron chi connectivity index (χ1n) is 8.91. The molecule has 2 heterocycles. The predicted octanol–water partition coefficient (Wildman–Crippen LogP) is 6.13. The van der Waals surface area contributed by atoms with E-state index in [1.807, 2.05) is 42.5 Å². The van der Waals surface area contributed by atoms with Gasteiger partial charge in [0.1, 0.15) is 12.5 Å². The van der Waals surface area contributed by atoms with Gasteiger partial charge in [0.05, 0.1) is 23.5 Å². The quantitative estimate of drug-likeness (QED) is 0.385. The second-order valence-electron chi connectivity index (χ2n) is 6.23. The molecule has 0 spiro atoms. The lowest BCUT2D eigenvalue weighted by molar-refractivity contribution is 0.573. The number of nitrogens with zero attached hydrogens (tertiary/aromatic N) is 2. The van der Waals surface area contributed by atoms with E-state index in [1.54, 1.807) is 24.9 Å². The van der Waals surface area contributed by atoms with Crippen molar-refractivity contribution in [3.05, 3.63) is 97.7 Å². The summed E-state index contributed by atoms with van der Waals surface area (Å²) in [5.41, 5.74) is 5.63. The van der Waals surface area contributed by atoms with Crippen LogP contribution in [0.1, 0.15) is 0 Å². The summed E-state index contributed by atoms with van der Waals surface area (Å²) in [4.78, 5) is 8.80. The summed E-state index contributed by atoms with van der Waals surface area (Å²) in [6.45, 7) is 0. The molecule has 0 fully saturated rings. The maximum Gasteiger partial charge on any atom is 0.227 e. The molecule has 4 nitrogen and oxygen atoms in total. The fraction of sp³-hybridized carbons (Fsp3) is 0. The van der Waals surface area contributed by atoms with Gasteiger partial charge in [0.15, 0.2) is 0 Å². The van der Waals surface area contributed by atoms with Gasteiger partial charge in [-0.1, -0.05) is 60.7 Å². The molecule has 0 aliphatic carbocycles. The van der Waals surface area contributed by atoms with Crippen molar-refractivity contribution < 1.29 is 8.83 Å². The van der Waals surface area contributed by atoms with Crippen molar-refractivity contribution in [2.45, 2.75) is 0 Å². The van der Waals surface area contributed by atoms with Crippen LogP contribution in [-0.4, -0.2) is 9.97 Å². The van der Waals surface area contributed by atoms with Crippen LogP contribution in [0.5, 0.6) is 0 Å². The summed E-state index contributed by atoms with van der Waals surface area (Å²) < 4.78 is 11.3. The van der Waals surface area contributed by atoms with Gasteiger partial charge in [-0.25, -0.2) is 9.97 Å². The second kappa shape index (κ2) is 7.00. The van der Waals surface area contributed by atoms with E-state index in [2.05, 4.69) is 40.3 Å². The van der Waals surface area contributed by atoms with Crippen LogP contribution in [0, 0.1) is 6.07 Å². The van der Waals surface area contributed by atoms with Crippen molar-refractivity contribution >= 4 is 0 Å². The molecule has 2 aromatic heterocycles. The molecule has 28 heavy (non-hydrogen) atoms. The summed E-state index contributed by atoms with van der Waals surface area (Å²) in [6, 6.07) is 25.6. The fourth-order valence-corrected chi connectivity index (χ4v) is 3.37. The summed E-state index contributed by atoms with van der Waals surface area (Å²) in [5, 5.41) is 0. The third kappa shape index (κ3) is 2.81. The Morgan fingerprint density at radius 2 is 1.25 bits per heavy atom. The molecule has 133 valence electrons. The smallest absolute Gasteiger partial charge is 0.227 e. The third-order valence-corrected chi connectivity index (χ3v) is 4.57. The van der Waals surface area contributed by atoms with Crippen LogP contribution in [-0.2, 0) is 0 Å². The molecule has 0 N–H and O–H groups in total. The third-order valence-electron chi connectivity index (χ3n) is 4.57. The highest BCUT2D eigenvalue weighted by Gasteiger charge is 2.23. The Kier molecular flexibility index (Phi) is 4.07. The number of hydrogen-bond acceptors (Lipinski definition) is 4. The summed E-state index contributed by atoms with van der Waals surface area (Å²) in [6.07, 6.45) is 6.43. The Morgan fingerprint density at radius 1 is 0.643 bits per heavy atom. The Hall–Kier alpha value is -3.92. The molecule has 0 bridgehead atoms. The van der Waals surface area contributed by atoms with Gasteiger partial charge in [0.2, 0.25) is 11.8 Å². The monoisotopic (exact) mass is 363 g/mol. The van der Waals surface area contributed by atoms with Gasteiger partial charge in [-0.3, -0.25) is 0 Å². The maximum absolute atomic E-state index is 5.74. The van der Waals surface area contributed by atoms with Crippen LogP contribution in [0.15, 0.2) is 100 Å². The van der Waals surface area contributed by atoms with Gasteiger partial charge in [-0.05, 0) is 28.8 Å². The Balaban J connectivity index is 1.90. The highest BCUT2D eigenvalue weighted by molar-refractivity contribution is 5.98. The molecular formula is C24H15N2O2. The molecule has 5 aromatic rings. The molecule has 0 aliphatic rings. The topological polar surface area (TPSA) is 52.1 Å². The maximum atomic E-state index is 5.74. The molecule has 0 saturated carbocycles. The molecule has 0 saturated heterocycles. The lowest BCUT2D eigenvalue weighted by atomic mass is 9.88. The standard InChI is InChI=1S/C24H15N2O2/c1-3-7-17(8-4-1)19-11-12-20(23-25-13-15-27-23)21(18-9-5-2-6-10-18)22(19)24-26-14-16-28-24/h1-11,13-16H. The van der Waals surface area contributed by atoms with Crippen molar-refractivity contribution in [2.24, 2.45) is 0 Å². The summed E-state index contributed by atoms with van der Waals surface area (Å²) >= 11 is 0. The molecule has 0 aliphatic heterocycles. The zero-order chi connectivity index (χ0) is 18.8. The van der Waals surface area contributed by atoms with Crippen LogP contribution in [0.2, 0.25) is 0 Å². The largest absolute Gasteiger partial charge is 0.444 e. The predicted molar refractivity (Wildman–Crippen MR) is 107 cm³/mol. The summed E-state index contributed by atoms with van der Waals surface area (Å²) in [7, 11) is 0. The van der Waals surface area contributed by atoms with Gasteiger partial charge in [0.25, 0.3) is 0 Å². The molecule has 5 rings (SSSR count). The number of aromatic nitrogens is 2. The molecule has 4 heteroatoms. The van der Waals surface area contributed by atoms with E-state index in [9.17, 15) is 0 Å². The van der Waals surface area contributed by atoms with E-state index in [4.69, 9.17) is 8.83 Å². The normalized spacial score (nSPS) is 10.9. The van der Waals surface area contributed by atoms with Crippen LogP contribution in [0.25, 0.3) is 45.2 Å².